The Bertz CT molecular complexity index is 247. The van der Waals surface area contributed by atoms with Crippen LogP contribution in [0.1, 0.15) is 52.4 Å². The third-order valence-corrected chi connectivity index (χ3v) is 4.70. The van der Waals surface area contributed by atoms with Crippen molar-refractivity contribution < 1.29 is 9.47 Å². The zero-order chi connectivity index (χ0) is 13.0. The molecule has 0 bridgehead atoms. The molecule has 0 amide bonds. The summed E-state index contributed by atoms with van der Waals surface area (Å²) in [6.07, 6.45) is 8.73. The van der Waals surface area contributed by atoms with Crippen molar-refractivity contribution in [3.8, 4) is 0 Å². The maximum Gasteiger partial charge on any atom is 0.0987 e. The summed E-state index contributed by atoms with van der Waals surface area (Å²) in [5.41, 5.74) is 0. The summed E-state index contributed by atoms with van der Waals surface area (Å²) in [5, 5.41) is 3.47. The van der Waals surface area contributed by atoms with Gasteiger partial charge in [-0.25, -0.2) is 0 Å². The summed E-state index contributed by atoms with van der Waals surface area (Å²) >= 11 is 0. The summed E-state index contributed by atoms with van der Waals surface area (Å²) in [6, 6.07) is 0.494. The molecule has 1 N–H and O–H groups in total. The molecule has 3 heteroatoms. The van der Waals surface area contributed by atoms with Gasteiger partial charge in [0, 0.05) is 13.2 Å². The Morgan fingerprint density at radius 3 is 2.56 bits per heavy atom. The number of rotatable bonds is 6. The molecular formula is C15H29NO2. The van der Waals surface area contributed by atoms with E-state index in [0.717, 1.165) is 18.9 Å². The van der Waals surface area contributed by atoms with E-state index in [9.17, 15) is 0 Å². The van der Waals surface area contributed by atoms with E-state index in [4.69, 9.17) is 9.47 Å². The first kappa shape index (κ1) is 14.3. The molecule has 2 aliphatic carbocycles. The molecule has 0 radical (unpaired) electrons. The number of nitrogens with one attached hydrogen (secondary N) is 1. The van der Waals surface area contributed by atoms with E-state index < -0.39 is 0 Å². The Hall–Kier alpha value is -0.120. The molecule has 2 saturated carbocycles. The van der Waals surface area contributed by atoms with E-state index in [2.05, 4.69) is 19.2 Å². The van der Waals surface area contributed by atoms with Crippen LogP contribution in [0.3, 0.4) is 0 Å². The Kier molecular flexibility index (Phi) is 5.46. The second kappa shape index (κ2) is 6.88. The van der Waals surface area contributed by atoms with Gasteiger partial charge in [-0.1, -0.05) is 33.1 Å². The van der Waals surface area contributed by atoms with Gasteiger partial charge >= 0.3 is 0 Å². The van der Waals surface area contributed by atoms with Gasteiger partial charge in [0.25, 0.3) is 0 Å². The van der Waals surface area contributed by atoms with Crippen LogP contribution in [0.2, 0.25) is 0 Å². The first-order chi connectivity index (χ1) is 8.80. The first-order valence-corrected chi connectivity index (χ1v) is 7.71. The highest BCUT2D eigenvalue weighted by Gasteiger charge is 2.43. The second-order valence-electron chi connectivity index (χ2n) is 5.77. The molecule has 5 atom stereocenters. The van der Waals surface area contributed by atoms with Crippen LogP contribution < -0.4 is 5.32 Å². The highest BCUT2D eigenvalue weighted by Crippen LogP contribution is 2.35. The van der Waals surface area contributed by atoms with Crippen LogP contribution in [0.15, 0.2) is 0 Å². The van der Waals surface area contributed by atoms with E-state index in [0.29, 0.717) is 18.2 Å². The molecular weight excluding hydrogens is 226 g/mol. The summed E-state index contributed by atoms with van der Waals surface area (Å²) < 4.78 is 11.9. The van der Waals surface area contributed by atoms with Gasteiger partial charge in [0.1, 0.15) is 0 Å². The van der Waals surface area contributed by atoms with Gasteiger partial charge in [-0.15, -0.1) is 0 Å². The lowest BCUT2D eigenvalue weighted by Crippen LogP contribution is -2.60. The molecule has 5 unspecified atom stereocenters. The molecule has 3 nitrogen and oxygen atoms in total. The molecule has 0 aromatic rings. The van der Waals surface area contributed by atoms with Crippen molar-refractivity contribution in [1.29, 1.82) is 0 Å². The fraction of sp³-hybridized carbons (Fsp3) is 1.00. The SMILES string of the molecule is CCNC1CC(OC2CCCCC2CC)C1OC. The van der Waals surface area contributed by atoms with Crippen LogP contribution in [0.25, 0.3) is 0 Å². The van der Waals surface area contributed by atoms with Crippen molar-refractivity contribution in [2.24, 2.45) is 5.92 Å². The summed E-state index contributed by atoms with van der Waals surface area (Å²) in [7, 11) is 1.81. The van der Waals surface area contributed by atoms with E-state index in [1.165, 1.54) is 32.1 Å². The summed E-state index contributed by atoms with van der Waals surface area (Å²) in [6.45, 7) is 5.45. The molecule has 2 aliphatic rings. The summed E-state index contributed by atoms with van der Waals surface area (Å²) in [5.74, 6) is 0.773. The monoisotopic (exact) mass is 255 g/mol. The minimum atomic E-state index is 0.254. The predicted octanol–water partition coefficient (Wildman–Crippen LogP) is 2.74. The largest absolute Gasteiger partial charge is 0.377 e. The molecule has 0 aromatic heterocycles. The molecule has 0 aliphatic heterocycles. The van der Waals surface area contributed by atoms with Crippen LogP contribution in [-0.4, -0.2) is 38.0 Å². The average Bonchev–Trinajstić information content (AvgIpc) is 2.38. The molecule has 0 heterocycles. The number of hydrogen-bond acceptors (Lipinski definition) is 3. The lowest BCUT2D eigenvalue weighted by Gasteiger charge is -2.46. The fourth-order valence-electron chi connectivity index (χ4n) is 3.54. The highest BCUT2D eigenvalue weighted by molar-refractivity contribution is 4.97. The van der Waals surface area contributed by atoms with Crippen LogP contribution in [0, 0.1) is 5.92 Å². The third-order valence-electron chi connectivity index (χ3n) is 4.70. The fourth-order valence-corrected chi connectivity index (χ4v) is 3.54. The quantitative estimate of drug-likeness (QED) is 0.791. The number of ether oxygens (including phenoxy) is 2. The molecule has 0 saturated heterocycles. The van der Waals surface area contributed by atoms with Crippen molar-refractivity contribution in [2.75, 3.05) is 13.7 Å². The Balaban J connectivity index is 1.82. The Morgan fingerprint density at radius 1 is 1.11 bits per heavy atom. The first-order valence-electron chi connectivity index (χ1n) is 7.71. The van der Waals surface area contributed by atoms with Crippen molar-refractivity contribution in [3.63, 3.8) is 0 Å². The van der Waals surface area contributed by atoms with Crippen LogP contribution in [0.4, 0.5) is 0 Å². The molecule has 2 fully saturated rings. The number of likely N-dealkylation sites (N-methyl/N-ethyl adjacent to an activating group) is 1. The van der Waals surface area contributed by atoms with Crippen molar-refractivity contribution in [2.45, 2.75) is 76.7 Å². The Labute approximate surface area is 112 Å². The zero-order valence-corrected chi connectivity index (χ0v) is 12.2. The lowest BCUT2D eigenvalue weighted by molar-refractivity contribution is -0.173. The second-order valence-corrected chi connectivity index (χ2v) is 5.77. The van der Waals surface area contributed by atoms with Crippen molar-refractivity contribution >= 4 is 0 Å². The number of methoxy groups -OCH3 is 1. The van der Waals surface area contributed by atoms with Gasteiger partial charge < -0.3 is 14.8 Å². The molecule has 0 aromatic carbocycles. The van der Waals surface area contributed by atoms with Gasteiger partial charge in [0.15, 0.2) is 0 Å². The van der Waals surface area contributed by atoms with Gasteiger partial charge in [0.2, 0.25) is 0 Å². The zero-order valence-electron chi connectivity index (χ0n) is 12.2. The minimum absolute atomic E-state index is 0.254. The number of hydrogen-bond donors (Lipinski definition) is 1. The molecule has 18 heavy (non-hydrogen) atoms. The summed E-state index contributed by atoms with van der Waals surface area (Å²) in [4.78, 5) is 0. The van der Waals surface area contributed by atoms with E-state index >= 15 is 0 Å². The maximum atomic E-state index is 6.35. The third kappa shape index (κ3) is 3.06. The minimum Gasteiger partial charge on any atom is -0.377 e. The molecule has 106 valence electrons. The maximum absolute atomic E-state index is 6.35. The molecule has 2 rings (SSSR count). The normalized spacial score (nSPS) is 40.5. The van der Waals surface area contributed by atoms with Gasteiger partial charge in [-0.05, 0) is 31.7 Å². The van der Waals surface area contributed by atoms with Gasteiger partial charge in [-0.3, -0.25) is 0 Å². The Morgan fingerprint density at radius 2 is 1.89 bits per heavy atom. The van der Waals surface area contributed by atoms with E-state index in [1.54, 1.807) is 0 Å². The van der Waals surface area contributed by atoms with Crippen LogP contribution >= 0.6 is 0 Å². The van der Waals surface area contributed by atoms with Gasteiger partial charge in [-0.2, -0.15) is 0 Å². The van der Waals surface area contributed by atoms with Gasteiger partial charge in [0.05, 0.1) is 18.3 Å². The highest BCUT2D eigenvalue weighted by atomic mass is 16.5. The average molecular weight is 255 g/mol. The smallest absolute Gasteiger partial charge is 0.0987 e. The predicted molar refractivity (Wildman–Crippen MR) is 73.8 cm³/mol. The van der Waals surface area contributed by atoms with Crippen molar-refractivity contribution in [3.05, 3.63) is 0 Å². The lowest BCUT2D eigenvalue weighted by atomic mass is 9.82. The van der Waals surface area contributed by atoms with E-state index in [-0.39, 0.29) is 6.10 Å². The van der Waals surface area contributed by atoms with Crippen LogP contribution in [-0.2, 0) is 9.47 Å². The molecule has 0 spiro atoms. The topological polar surface area (TPSA) is 30.5 Å². The van der Waals surface area contributed by atoms with Crippen molar-refractivity contribution in [1.82, 2.24) is 5.32 Å². The van der Waals surface area contributed by atoms with E-state index in [1.807, 2.05) is 7.11 Å². The standard InChI is InChI=1S/C15H29NO2/c1-4-11-8-6-7-9-13(11)18-14-10-12(16-5-2)15(14)17-3/h11-16H,4-10H2,1-3H3. The van der Waals surface area contributed by atoms with Crippen LogP contribution in [0.5, 0.6) is 0 Å².